The van der Waals surface area contributed by atoms with Gasteiger partial charge in [0.25, 0.3) is 0 Å². The van der Waals surface area contributed by atoms with Gasteiger partial charge in [-0.05, 0) is 72.8 Å². The van der Waals surface area contributed by atoms with Crippen molar-refractivity contribution in [2.75, 3.05) is 13.2 Å². The quantitative estimate of drug-likeness (QED) is 0.0414. The molecule has 6 aromatic rings. The standard InChI is InChI=1S/C21H14F4N5O2.C21H12F4N2O2/c1-27-14-3-5-15(6-4-14)32-16-7-9-19(28-11-16)21(24,25)20(31,12-29-30-26)17-8-2-13(22)10-18(17)23;1-26-14-3-5-15(6-4-14)29-16-7-9-19(27-11-16)21(24,25)20(12-28-20)17-8-2-13(22)10-18(17)23/h2-11,26,31H,12H2;2-11H,12H2/q+1;. The maximum Gasteiger partial charge on any atom is 0.324 e. The SMILES string of the molecule is [C-]#[N+]c1ccc(Oc2ccc(C(F)(F)C(O)(CN=[N+]=N)c3ccc(F)cc3F)nc2)cc1.[C-]#[N+]c1ccc(Oc2ccc(C(F)(F)C3(c4ccc(F)cc4F)CO3)nc2)cc1. The number of aliphatic hydroxyl groups is 1. The van der Waals surface area contributed by atoms with Gasteiger partial charge in [-0.25, -0.2) is 27.3 Å². The average Bonchev–Trinajstić information content (AvgIpc) is 4.07. The summed E-state index contributed by atoms with van der Waals surface area (Å²) in [6.45, 7) is 12.2. The second kappa shape index (κ2) is 17.3. The summed E-state index contributed by atoms with van der Waals surface area (Å²) in [5, 5.41) is 13.9. The van der Waals surface area contributed by atoms with E-state index in [4.69, 9.17) is 32.9 Å². The van der Waals surface area contributed by atoms with Crippen LogP contribution in [0.4, 0.5) is 46.5 Å². The van der Waals surface area contributed by atoms with Gasteiger partial charge in [0.05, 0.1) is 32.1 Å². The maximum absolute atomic E-state index is 15.3. The van der Waals surface area contributed by atoms with Crippen LogP contribution in [-0.2, 0) is 27.8 Å². The number of pyridine rings is 2. The molecule has 2 aromatic heterocycles. The first kappa shape index (κ1) is 43.0. The van der Waals surface area contributed by atoms with Gasteiger partial charge in [0.1, 0.15) is 68.3 Å². The van der Waals surface area contributed by atoms with Crippen LogP contribution in [0.3, 0.4) is 0 Å². The number of hydrogen-bond acceptors (Lipinski definition) is 8. The summed E-state index contributed by atoms with van der Waals surface area (Å²) in [5.74, 6) is -11.2. The van der Waals surface area contributed by atoms with E-state index in [1.165, 1.54) is 30.3 Å². The zero-order chi connectivity index (χ0) is 44.0. The van der Waals surface area contributed by atoms with Gasteiger partial charge in [-0.2, -0.15) is 17.6 Å². The van der Waals surface area contributed by atoms with E-state index in [-0.39, 0.29) is 11.5 Å². The Labute approximate surface area is 340 Å². The molecule has 61 heavy (non-hydrogen) atoms. The van der Waals surface area contributed by atoms with E-state index < -0.39 is 82.0 Å². The highest BCUT2D eigenvalue weighted by molar-refractivity contribution is 5.49. The van der Waals surface area contributed by atoms with Gasteiger partial charge in [-0.15, -0.1) is 0 Å². The van der Waals surface area contributed by atoms with Crippen LogP contribution in [0.15, 0.2) is 127 Å². The number of alkyl halides is 4. The number of halogens is 8. The monoisotopic (exact) mass is 844 g/mol. The molecule has 2 atom stereocenters. The average molecular weight is 845 g/mol. The summed E-state index contributed by atoms with van der Waals surface area (Å²) >= 11 is 0. The number of rotatable bonds is 12. The number of aromatic nitrogens is 2. The fourth-order valence-electron chi connectivity index (χ4n) is 5.83. The molecule has 7 rings (SSSR count). The zero-order valence-corrected chi connectivity index (χ0v) is 30.8. The van der Waals surface area contributed by atoms with E-state index in [1.807, 2.05) is 0 Å². The molecule has 1 aliphatic heterocycles. The van der Waals surface area contributed by atoms with Gasteiger partial charge < -0.3 is 19.3 Å². The summed E-state index contributed by atoms with van der Waals surface area (Å²) in [7, 11) is 0. The Morgan fingerprint density at radius 2 is 1.16 bits per heavy atom. The highest BCUT2D eigenvalue weighted by Crippen LogP contribution is 2.56. The van der Waals surface area contributed by atoms with Crippen molar-refractivity contribution in [2.24, 2.45) is 5.11 Å². The number of ether oxygens (including phenoxy) is 3. The maximum atomic E-state index is 15.3. The molecule has 0 bridgehead atoms. The molecular formula is C42H26F8N7O4+. The van der Waals surface area contributed by atoms with Crippen LogP contribution in [0.1, 0.15) is 22.5 Å². The van der Waals surface area contributed by atoms with Crippen LogP contribution in [-0.4, -0.2) is 28.2 Å². The van der Waals surface area contributed by atoms with E-state index in [2.05, 4.69) is 29.7 Å². The Morgan fingerprint density at radius 3 is 1.59 bits per heavy atom. The van der Waals surface area contributed by atoms with Crippen molar-refractivity contribution in [3.8, 4) is 23.0 Å². The van der Waals surface area contributed by atoms with E-state index >= 15 is 17.6 Å². The summed E-state index contributed by atoms with van der Waals surface area (Å²) in [5.41, 5.74) is -0.932. The molecule has 1 saturated heterocycles. The van der Waals surface area contributed by atoms with Gasteiger partial charge in [-0.3, -0.25) is 9.97 Å². The smallest absolute Gasteiger partial charge is 0.324 e. The van der Waals surface area contributed by atoms with Crippen LogP contribution >= 0.6 is 0 Å². The Hall–Kier alpha value is -7.57. The van der Waals surface area contributed by atoms with Crippen molar-refractivity contribution in [3.05, 3.63) is 190 Å². The van der Waals surface area contributed by atoms with Crippen LogP contribution < -0.4 is 14.4 Å². The van der Waals surface area contributed by atoms with Gasteiger partial charge in [-0.1, -0.05) is 24.3 Å². The van der Waals surface area contributed by atoms with E-state index in [0.717, 1.165) is 42.7 Å². The number of nitrogens with zero attached hydrogens (tertiary/aromatic N) is 6. The highest BCUT2D eigenvalue weighted by Gasteiger charge is 2.68. The first-order valence-electron chi connectivity index (χ1n) is 17.4. The van der Waals surface area contributed by atoms with Crippen molar-refractivity contribution in [1.82, 2.24) is 14.9 Å². The molecule has 11 nitrogen and oxygen atoms in total. The molecule has 2 unspecified atom stereocenters. The number of nitrogens with one attached hydrogen (secondary N) is 1. The molecule has 0 amide bonds. The van der Waals surface area contributed by atoms with Crippen LogP contribution in [0.25, 0.3) is 9.69 Å². The molecule has 2 N–H and O–H groups in total. The molecule has 0 spiro atoms. The lowest BCUT2D eigenvalue weighted by Gasteiger charge is -2.33. The number of hydrogen-bond donors (Lipinski definition) is 2. The fourth-order valence-corrected chi connectivity index (χ4v) is 5.83. The Bertz CT molecular complexity index is 2670. The lowest BCUT2D eigenvalue weighted by atomic mass is 9.84. The molecule has 3 heterocycles. The van der Waals surface area contributed by atoms with Crippen molar-refractivity contribution in [1.29, 1.82) is 5.53 Å². The zero-order valence-electron chi connectivity index (χ0n) is 30.8. The van der Waals surface area contributed by atoms with Crippen molar-refractivity contribution >= 4 is 11.4 Å². The molecule has 308 valence electrons. The van der Waals surface area contributed by atoms with E-state index in [1.54, 1.807) is 24.3 Å². The van der Waals surface area contributed by atoms with Crippen molar-refractivity contribution < 1.29 is 54.4 Å². The Kier molecular flexibility index (Phi) is 12.2. The molecule has 1 fully saturated rings. The van der Waals surface area contributed by atoms with Crippen molar-refractivity contribution in [3.63, 3.8) is 0 Å². The first-order chi connectivity index (χ1) is 29.1. The largest absolute Gasteiger partial charge is 0.456 e. The third-order valence-electron chi connectivity index (χ3n) is 9.09. The topological polar surface area (TPSA) is 136 Å². The van der Waals surface area contributed by atoms with E-state index in [9.17, 15) is 22.7 Å². The third-order valence-corrected chi connectivity index (χ3v) is 9.09. The predicted molar refractivity (Wildman–Crippen MR) is 198 cm³/mol. The minimum absolute atomic E-state index is 0.0856. The summed E-state index contributed by atoms with van der Waals surface area (Å²) in [6, 6.07) is 20.8. The molecule has 0 saturated carbocycles. The molecular weight excluding hydrogens is 818 g/mol. The first-order valence-corrected chi connectivity index (χ1v) is 17.4. The van der Waals surface area contributed by atoms with E-state index in [0.29, 0.717) is 47.1 Å². The summed E-state index contributed by atoms with van der Waals surface area (Å²) in [4.78, 5) is 16.5. The molecule has 19 heteroatoms. The summed E-state index contributed by atoms with van der Waals surface area (Å²) < 4.78 is 132. The second-order valence-electron chi connectivity index (χ2n) is 12.9. The minimum atomic E-state index is -4.21. The number of epoxide rings is 1. The second-order valence-corrected chi connectivity index (χ2v) is 12.9. The molecule has 1 aliphatic rings. The van der Waals surface area contributed by atoms with Crippen LogP contribution in [0.2, 0.25) is 0 Å². The van der Waals surface area contributed by atoms with Gasteiger partial charge in [0, 0.05) is 23.3 Å². The Balaban J connectivity index is 0.000000205. The van der Waals surface area contributed by atoms with Crippen molar-refractivity contribution in [2.45, 2.75) is 23.0 Å². The number of benzene rings is 4. The normalized spacial score (nSPS) is 15.4. The Morgan fingerprint density at radius 1 is 0.689 bits per heavy atom. The predicted octanol–water partition coefficient (Wildman–Crippen LogP) is 11.0. The fraction of sp³-hybridized carbons (Fsp3) is 0.143. The highest BCUT2D eigenvalue weighted by atomic mass is 19.3. The van der Waals surface area contributed by atoms with Gasteiger partial charge in [0.15, 0.2) is 29.1 Å². The van der Waals surface area contributed by atoms with Crippen LogP contribution in [0, 0.1) is 41.9 Å². The van der Waals surface area contributed by atoms with Gasteiger partial charge in [0.2, 0.25) is 4.91 Å². The van der Waals surface area contributed by atoms with Gasteiger partial charge >= 0.3 is 11.8 Å². The molecule has 0 radical (unpaired) electrons. The lowest BCUT2D eigenvalue weighted by Crippen LogP contribution is -2.47. The third kappa shape index (κ3) is 8.90. The summed E-state index contributed by atoms with van der Waals surface area (Å²) in [6.07, 6.45) is 2.09. The lowest BCUT2D eigenvalue weighted by molar-refractivity contribution is -0.194. The minimum Gasteiger partial charge on any atom is -0.456 e. The molecule has 0 aliphatic carbocycles. The molecule has 4 aromatic carbocycles. The van der Waals surface area contributed by atoms with Crippen LogP contribution in [0.5, 0.6) is 23.0 Å².